The van der Waals surface area contributed by atoms with Gasteiger partial charge in [0.2, 0.25) is 0 Å². The largest absolute Gasteiger partial charge is 0.388 e. The number of aromatic nitrogens is 1. The Morgan fingerprint density at radius 1 is 1.00 bits per heavy atom. The molecule has 24 heavy (non-hydrogen) atoms. The highest BCUT2D eigenvalue weighted by atomic mass is 32.2. The van der Waals surface area contributed by atoms with Gasteiger partial charge in [0.05, 0.1) is 10.5 Å². The maximum absolute atomic E-state index is 11.6. The summed E-state index contributed by atoms with van der Waals surface area (Å²) in [7, 11) is -3.94. The van der Waals surface area contributed by atoms with Crippen LogP contribution in [-0.2, 0) is 16.6 Å². The van der Waals surface area contributed by atoms with Crippen molar-refractivity contribution in [3.8, 4) is 22.4 Å². The van der Waals surface area contributed by atoms with Gasteiger partial charge in [-0.15, -0.1) is 0 Å². The Balaban J connectivity index is 2.11. The minimum Gasteiger partial charge on any atom is -0.388 e. The number of nitrogens with one attached hydrogen (secondary N) is 1. The molecule has 0 aliphatic carbocycles. The molecule has 3 N–H and O–H groups in total. The molecule has 0 saturated carbocycles. The van der Waals surface area contributed by atoms with Crippen LogP contribution in [0.4, 0.5) is 0 Å². The second-order valence-corrected chi connectivity index (χ2v) is 6.63. The highest BCUT2D eigenvalue weighted by molar-refractivity contribution is 7.89. The summed E-state index contributed by atoms with van der Waals surface area (Å²) in [6.07, 6.45) is 0. The van der Waals surface area contributed by atoms with Gasteiger partial charge in [0.1, 0.15) is 12.3 Å². The van der Waals surface area contributed by atoms with Gasteiger partial charge in [0.25, 0.3) is 10.0 Å². The first-order valence-corrected chi connectivity index (χ1v) is 8.46. The van der Waals surface area contributed by atoms with Crippen LogP contribution in [0.2, 0.25) is 0 Å². The van der Waals surface area contributed by atoms with Gasteiger partial charge in [-0.1, -0.05) is 52.5 Å². The summed E-state index contributed by atoms with van der Waals surface area (Å²) < 4.78 is 28.4. The van der Waals surface area contributed by atoms with Crippen molar-refractivity contribution in [2.45, 2.75) is 11.5 Å². The molecule has 124 valence electrons. The number of benzene rings is 2. The average molecular weight is 346 g/mol. The lowest BCUT2D eigenvalue weighted by molar-refractivity contribution is 0.230. The number of aliphatic hydroxyl groups excluding tert-OH is 1. The first kappa shape index (κ1) is 16.3. The Morgan fingerprint density at radius 2 is 1.67 bits per heavy atom. The molecule has 0 amide bonds. The van der Waals surface area contributed by atoms with Crippen LogP contribution < -0.4 is 4.89 Å². The summed E-state index contributed by atoms with van der Waals surface area (Å²) in [4.78, 5) is 1.19. The van der Waals surface area contributed by atoms with Gasteiger partial charge in [-0.3, -0.25) is 0 Å². The topological polar surface area (TPSA) is 113 Å². The van der Waals surface area contributed by atoms with Crippen LogP contribution in [0.15, 0.2) is 64.0 Å². The zero-order valence-electron chi connectivity index (χ0n) is 12.4. The zero-order valence-corrected chi connectivity index (χ0v) is 13.2. The van der Waals surface area contributed by atoms with E-state index >= 15 is 0 Å². The van der Waals surface area contributed by atoms with Crippen molar-refractivity contribution >= 4 is 10.0 Å². The van der Waals surface area contributed by atoms with E-state index in [2.05, 4.69) is 5.16 Å². The van der Waals surface area contributed by atoms with E-state index < -0.39 is 10.0 Å². The van der Waals surface area contributed by atoms with Crippen molar-refractivity contribution in [2.75, 3.05) is 0 Å². The molecule has 8 heteroatoms. The van der Waals surface area contributed by atoms with Crippen molar-refractivity contribution < 1.29 is 23.3 Å². The quantitative estimate of drug-likeness (QED) is 0.610. The van der Waals surface area contributed by atoms with Crippen LogP contribution in [0, 0.1) is 0 Å². The third kappa shape index (κ3) is 2.95. The molecule has 0 aliphatic rings. The number of hydrogen-bond donors (Lipinski definition) is 3. The molecule has 0 fully saturated rings. The van der Waals surface area contributed by atoms with Gasteiger partial charge in [-0.2, -0.15) is 0 Å². The Hall–Kier alpha value is -2.52. The molecule has 0 radical (unpaired) electrons. The number of hydrogen-bond acceptors (Lipinski definition) is 6. The molecule has 0 bridgehead atoms. The third-order valence-corrected chi connectivity index (χ3v) is 4.66. The molecule has 3 rings (SSSR count). The predicted octanol–water partition coefficient (Wildman–Crippen LogP) is 2.17. The fraction of sp³-hybridized carbons (Fsp3) is 0.0625. The zero-order chi connectivity index (χ0) is 17.2. The van der Waals surface area contributed by atoms with Crippen LogP contribution in [-0.4, -0.2) is 23.9 Å². The summed E-state index contributed by atoms with van der Waals surface area (Å²) in [5, 5.41) is 22.2. The molecular weight excluding hydrogens is 332 g/mol. The van der Waals surface area contributed by atoms with E-state index in [0.717, 1.165) is 5.56 Å². The van der Waals surface area contributed by atoms with Gasteiger partial charge in [-0.05, 0) is 17.7 Å². The van der Waals surface area contributed by atoms with Gasteiger partial charge >= 0.3 is 0 Å². The smallest absolute Gasteiger partial charge is 0.262 e. The summed E-state index contributed by atoms with van der Waals surface area (Å²) in [6.45, 7) is -0.340. The van der Waals surface area contributed by atoms with Crippen LogP contribution in [0.1, 0.15) is 5.76 Å². The molecular formula is C16H14N2O5S. The Morgan fingerprint density at radius 3 is 2.25 bits per heavy atom. The van der Waals surface area contributed by atoms with Crippen LogP contribution in [0.3, 0.4) is 0 Å². The second kappa shape index (κ2) is 6.54. The predicted molar refractivity (Wildman–Crippen MR) is 85.4 cm³/mol. The van der Waals surface area contributed by atoms with E-state index in [1.807, 2.05) is 30.3 Å². The monoisotopic (exact) mass is 346 g/mol. The minimum absolute atomic E-state index is 0.0861. The molecule has 0 unspecified atom stereocenters. The molecule has 3 aromatic rings. The normalized spacial score (nSPS) is 11.6. The lowest BCUT2D eigenvalue weighted by Crippen LogP contribution is -2.19. The molecule has 7 nitrogen and oxygen atoms in total. The standard InChI is InChI=1S/C16H14N2O5S/c19-10-14-15(16(17-23-14)12-4-2-1-3-5-12)11-6-8-13(9-7-11)24(21,22)18-20/h1-9,18-20H,10H2. The minimum atomic E-state index is -3.94. The summed E-state index contributed by atoms with van der Waals surface area (Å²) in [6, 6.07) is 15.1. The van der Waals surface area contributed by atoms with Crippen LogP contribution >= 0.6 is 0 Å². The molecule has 1 aromatic heterocycles. The second-order valence-electron chi connectivity index (χ2n) is 4.97. The van der Waals surface area contributed by atoms with E-state index in [0.29, 0.717) is 16.8 Å². The molecule has 0 atom stereocenters. The summed E-state index contributed by atoms with van der Waals surface area (Å²) >= 11 is 0. The Bertz CT molecular complexity index is 934. The van der Waals surface area contributed by atoms with E-state index in [9.17, 15) is 13.5 Å². The lowest BCUT2D eigenvalue weighted by atomic mass is 9.99. The average Bonchev–Trinajstić information content (AvgIpc) is 3.06. The SMILES string of the molecule is O=S(=O)(NO)c1ccc(-c2c(-c3ccccc3)noc2CO)cc1. The number of sulfonamides is 1. The van der Waals surface area contributed by atoms with Crippen molar-refractivity contribution in [1.82, 2.24) is 10.0 Å². The van der Waals surface area contributed by atoms with Gasteiger partial charge in [0, 0.05) is 5.56 Å². The molecule has 1 heterocycles. The van der Waals surface area contributed by atoms with Crippen molar-refractivity contribution in [3.05, 3.63) is 60.4 Å². The van der Waals surface area contributed by atoms with E-state index in [4.69, 9.17) is 9.73 Å². The Kier molecular flexibility index (Phi) is 4.45. The molecule has 0 saturated heterocycles. The highest BCUT2D eigenvalue weighted by Gasteiger charge is 2.20. The van der Waals surface area contributed by atoms with Crippen LogP contribution in [0.25, 0.3) is 22.4 Å². The summed E-state index contributed by atoms with van der Waals surface area (Å²) in [5.74, 6) is 0.282. The van der Waals surface area contributed by atoms with Gasteiger partial charge in [0.15, 0.2) is 5.76 Å². The molecule has 2 aromatic carbocycles. The maximum atomic E-state index is 11.6. The fourth-order valence-electron chi connectivity index (χ4n) is 2.38. The summed E-state index contributed by atoms with van der Waals surface area (Å²) in [5.41, 5.74) is 2.58. The van der Waals surface area contributed by atoms with E-state index in [1.54, 1.807) is 12.1 Å². The van der Waals surface area contributed by atoms with Crippen molar-refractivity contribution in [1.29, 1.82) is 0 Å². The highest BCUT2D eigenvalue weighted by Crippen LogP contribution is 2.35. The Labute approximate surface area is 138 Å². The van der Waals surface area contributed by atoms with E-state index in [-0.39, 0.29) is 17.3 Å². The molecule has 0 spiro atoms. The van der Waals surface area contributed by atoms with Gasteiger partial charge < -0.3 is 14.8 Å². The van der Waals surface area contributed by atoms with E-state index in [1.165, 1.54) is 17.0 Å². The first-order chi connectivity index (χ1) is 11.6. The fourth-order valence-corrected chi connectivity index (χ4v) is 2.98. The number of aliphatic hydroxyl groups is 1. The third-order valence-electron chi connectivity index (χ3n) is 3.53. The number of rotatable bonds is 5. The lowest BCUT2D eigenvalue weighted by Gasteiger charge is -2.06. The van der Waals surface area contributed by atoms with Crippen molar-refractivity contribution in [2.24, 2.45) is 0 Å². The first-order valence-electron chi connectivity index (χ1n) is 6.98. The number of nitrogens with zero attached hydrogens (tertiary/aromatic N) is 1. The van der Waals surface area contributed by atoms with Crippen molar-refractivity contribution in [3.63, 3.8) is 0 Å². The van der Waals surface area contributed by atoms with Gasteiger partial charge in [-0.25, -0.2) is 8.42 Å². The maximum Gasteiger partial charge on any atom is 0.262 e. The molecule has 0 aliphatic heterocycles. The van der Waals surface area contributed by atoms with Crippen LogP contribution in [0.5, 0.6) is 0 Å².